The molecule has 1 aromatic carbocycles. The summed E-state index contributed by atoms with van der Waals surface area (Å²) in [7, 11) is 0. The number of hydrogen-bond acceptors (Lipinski definition) is 1. The van der Waals surface area contributed by atoms with Gasteiger partial charge in [0.25, 0.3) is 0 Å². The Hall–Kier alpha value is -1.35. The summed E-state index contributed by atoms with van der Waals surface area (Å²) >= 11 is 0. The van der Waals surface area contributed by atoms with E-state index in [1.54, 1.807) is 0 Å². The zero-order valence-electron chi connectivity index (χ0n) is 12.3. The number of aromatic nitrogens is 1. The lowest BCUT2D eigenvalue weighted by Gasteiger charge is -2.36. The van der Waals surface area contributed by atoms with Crippen molar-refractivity contribution in [3.05, 3.63) is 35.0 Å². The maximum atomic E-state index is 13.0. The third-order valence-corrected chi connectivity index (χ3v) is 4.66. The number of benzene rings is 1. The quantitative estimate of drug-likeness (QED) is 0.885. The zero-order valence-corrected chi connectivity index (χ0v) is 12.3. The maximum Gasteiger partial charge on any atom is 0.110 e. The molecule has 1 aliphatic heterocycles. The first-order chi connectivity index (χ1) is 9.75. The molecule has 0 spiro atoms. The minimum Gasteiger partial charge on any atom is -0.368 e. The van der Waals surface area contributed by atoms with Gasteiger partial charge in [0.1, 0.15) is 5.60 Å². The van der Waals surface area contributed by atoms with Crippen LogP contribution >= 0.6 is 0 Å². The Balaban J connectivity index is 2.24. The fourth-order valence-electron chi connectivity index (χ4n) is 3.50. The molecule has 0 aliphatic carbocycles. The molecule has 3 rings (SSSR count). The zero-order chi connectivity index (χ0) is 14.2. The summed E-state index contributed by atoms with van der Waals surface area (Å²) in [5, 5.41) is 1.29. The number of rotatable bonds is 4. The molecule has 0 radical (unpaired) electrons. The van der Waals surface area contributed by atoms with Crippen LogP contribution in [-0.2, 0) is 23.2 Å². The minimum absolute atomic E-state index is 0.344. The third-order valence-electron chi connectivity index (χ3n) is 4.66. The van der Waals surface area contributed by atoms with E-state index in [-0.39, 0.29) is 6.67 Å². The molecule has 0 saturated carbocycles. The Bertz CT molecular complexity index is 619. The molecular weight excluding hydrogens is 253 g/mol. The Morgan fingerprint density at radius 3 is 2.90 bits per heavy atom. The highest BCUT2D eigenvalue weighted by molar-refractivity contribution is 5.88. The Labute approximate surface area is 119 Å². The molecule has 3 heteroatoms. The van der Waals surface area contributed by atoms with E-state index in [9.17, 15) is 4.39 Å². The topological polar surface area (TPSA) is 25.0 Å². The number of nitrogens with one attached hydrogen (secondary N) is 1. The van der Waals surface area contributed by atoms with Crippen LogP contribution in [0, 0.1) is 0 Å². The van der Waals surface area contributed by atoms with Crippen LogP contribution in [0.15, 0.2) is 18.2 Å². The van der Waals surface area contributed by atoms with Gasteiger partial charge in [-0.25, -0.2) is 0 Å². The van der Waals surface area contributed by atoms with Crippen molar-refractivity contribution in [2.45, 2.75) is 45.1 Å². The van der Waals surface area contributed by atoms with Crippen molar-refractivity contribution in [1.82, 2.24) is 4.98 Å². The van der Waals surface area contributed by atoms with Crippen molar-refractivity contribution in [2.75, 3.05) is 13.3 Å². The molecule has 1 unspecified atom stereocenters. The van der Waals surface area contributed by atoms with Crippen LogP contribution in [0.5, 0.6) is 0 Å². The SMILES string of the molecule is CCc1cccc2c3c([nH]c12)C(CC)(CCF)OCC3. The number of hydrogen-bond donors (Lipinski definition) is 1. The van der Waals surface area contributed by atoms with Gasteiger partial charge < -0.3 is 9.72 Å². The molecule has 1 aliphatic rings. The van der Waals surface area contributed by atoms with Crippen molar-refractivity contribution in [3.8, 4) is 0 Å². The van der Waals surface area contributed by atoms with E-state index in [4.69, 9.17) is 4.74 Å². The van der Waals surface area contributed by atoms with Gasteiger partial charge in [0, 0.05) is 17.3 Å². The number of para-hydroxylation sites is 1. The van der Waals surface area contributed by atoms with E-state index in [1.165, 1.54) is 22.0 Å². The second kappa shape index (κ2) is 5.21. The molecule has 1 N–H and O–H groups in total. The number of fused-ring (bicyclic) bond motifs is 3. The predicted octanol–water partition coefficient (Wildman–Crippen LogP) is 4.27. The number of aryl methyl sites for hydroxylation is 1. The molecule has 108 valence electrons. The Morgan fingerprint density at radius 2 is 2.20 bits per heavy atom. The number of ether oxygens (including phenoxy) is 1. The molecule has 1 atom stereocenters. The largest absolute Gasteiger partial charge is 0.368 e. The van der Waals surface area contributed by atoms with Crippen molar-refractivity contribution < 1.29 is 9.13 Å². The lowest BCUT2D eigenvalue weighted by Crippen LogP contribution is -2.35. The summed E-state index contributed by atoms with van der Waals surface area (Å²) in [5.41, 5.74) is 4.51. The number of halogens is 1. The highest BCUT2D eigenvalue weighted by atomic mass is 19.1. The summed E-state index contributed by atoms with van der Waals surface area (Å²) in [6.07, 6.45) is 3.15. The summed E-state index contributed by atoms with van der Waals surface area (Å²) < 4.78 is 19.0. The van der Waals surface area contributed by atoms with Gasteiger partial charge in [0.2, 0.25) is 0 Å². The van der Waals surface area contributed by atoms with Crippen LogP contribution in [0.25, 0.3) is 10.9 Å². The van der Waals surface area contributed by atoms with Gasteiger partial charge in [-0.05, 0) is 30.4 Å². The lowest BCUT2D eigenvalue weighted by molar-refractivity contribution is -0.0750. The number of H-pyrrole nitrogens is 1. The summed E-state index contributed by atoms with van der Waals surface area (Å²) in [5.74, 6) is 0. The van der Waals surface area contributed by atoms with Gasteiger partial charge in [0.15, 0.2) is 0 Å². The average Bonchev–Trinajstić information content (AvgIpc) is 2.87. The van der Waals surface area contributed by atoms with E-state index in [1.807, 2.05) is 0 Å². The smallest absolute Gasteiger partial charge is 0.110 e. The highest BCUT2D eigenvalue weighted by Crippen LogP contribution is 2.42. The molecule has 20 heavy (non-hydrogen) atoms. The van der Waals surface area contributed by atoms with Crippen LogP contribution in [-0.4, -0.2) is 18.3 Å². The van der Waals surface area contributed by atoms with Gasteiger partial charge in [-0.15, -0.1) is 0 Å². The van der Waals surface area contributed by atoms with E-state index in [2.05, 4.69) is 37.0 Å². The molecule has 2 aromatic rings. The van der Waals surface area contributed by atoms with E-state index in [0.29, 0.717) is 13.0 Å². The normalized spacial score (nSPS) is 22.1. The van der Waals surface area contributed by atoms with Gasteiger partial charge in [-0.2, -0.15) is 0 Å². The molecule has 0 fully saturated rings. The minimum atomic E-state index is -0.466. The second-order valence-corrected chi connectivity index (χ2v) is 5.56. The predicted molar refractivity (Wildman–Crippen MR) is 79.9 cm³/mol. The molecule has 2 heterocycles. The average molecular weight is 275 g/mol. The van der Waals surface area contributed by atoms with Crippen LogP contribution in [0.2, 0.25) is 0 Å². The van der Waals surface area contributed by atoms with Gasteiger partial charge in [-0.1, -0.05) is 32.0 Å². The lowest BCUT2D eigenvalue weighted by atomic mass is 9.86. The third kappa shape index (κ3) is 1.87. The Kier molecular flexibility index (Phi) is 3.55. The molecule has 0 bridgehead atoms. The fourth-order valence-corrected chi connectivity index (χ4v) is 3.50. The number of aromatic amines is 1. The Morgan fingerprint density at radius 1 is 1.35 bits per heavy atom. The molecule has 0 saturated heterocycles. The van der Waals surface area contributed by atoms with Crippen molar-refractivity contribution in [1.29, 1.82) is 0 Å². The van der Waals surface area contributed by atoms with E-state index < -0.39 is 5.60 Å². The molecule has 2 nitrogen and oxygen atoms in total. The van der Waals surface area contributed by atoms with E-state index >= 15 is 0 Å². The van der Waals surface area contributed by atoms with Crippen LogP contribution in [0.3, 0.4) is 0 Å². The van der Waals surface area contributed by atoms with Crippen molar-refractivity contribution in [2.24, 2.45) is 0 Å². The first kappa shape index (κ1) is 13.6. The summed E-state index contributed by atoms with van der Waals surface area (Å²) in [6, 6.07) is 6.45. The van der Waals surface area contributed by atoms with Crippen LogP contribution in [0.4, 0.5) is 4.39 Å². The van der Waals surface area contributed by atoms with Gasteiger partial charge >= 0.3 is 0 Å². The summed E-state index contributed by atoms with van der Waals surface area (Å²) in [4.78, 5) is 3.57. The second-order valence-electron chi connectivity index (χ2n) is 5.56. The van der Waals surface area contributed by atoms with Crippen molar-refractivity contribution in [3.63, 3.8) is 0 Å². The highest BCUT2D eigenvalue weighted by Gasteiger charge is 2.38. The summed E-state index contributed by atoms with van der Waals surface area (Å²) in [6.45, 7) is 4.59. The van der Waals surface area contributed by atoms with Crippen LogP contribution < -0.4 is 0 Å². The maximum absolute atomic E-state index is 13.0. The number of alkyl halides is 1. The molecule has 0 amide bonds. The van der Waals surface area contributed by atoms with Gasteiger partial charge in [-0.3, -0.25) is 4.39 Å². The monoisotopic (exact) mass is 275 g/mol. The van der Waals surface area contributed by atoms with Crippen molar-refractivity contribution >= 4 is 10.9 Å². The fraction of sp³-hybridized carbons (Fsp3) is 0.529. The van der Waals surface area contributed by atoms with E-state index in [0.717, 1.165) is 25.0 Å². The standard InChI is InChI=1S/C17H22FNO/c1-3-12-6-5-7-13-14-8-11-20-17(4-2,9-10-18)16(14)19-15(12)13/h5-7,19H,3-4,8-11H2,1-2H3. The van der Waals surface area contributed by atoms with Crippen LogP contribution in [0.1, 0.15) is 43.5 Å². The first-order valence-electron chi connectivity index (χ1n) is 7.58. The molecular formula is C17H22FNO. The molecule has 1 aromatic heterocycles. The van der Waals surface area contributed by atoms with Gasteiger partial charge in [0.05, 0.1) is 19.0 Å². The first-order valence-corrected chi connectivity index (χ1v) is 7.58.